The molecule has 0 saturated carbocycles. The SMILES string of the molecule is O=C(OCC1c2ccccc2-c2ccccc21)C(C1CCNCC1)[C@@H]1CCCN1C(=O)O. The van der Waals surface area contributed by atoms with Crippen molar-refractivity contribution in [2.24, 2.45) is 11.8 Å². The highest BCUT2D eigenvalue weighted by Gasteiger charge is 2.44. The molecule has 2 aliphatic heterocycles. The number of benzene rings is 2. The molecule has 0 radical (unpaired) electrons. The first-order valence-electron chi connectivity index (χ1n) is 11.7. The maximum atomic E-state index is 13.5. The van der Waals surface area contributed by atoms with E-state index in [2.05, 4.69) is 29.6 Å². The van der Waals surface area contributed by atoms with E-state index in [-0.39, 0.29) is 30.5 Å². The van der Waals surface area contributed by atoms with E-state index in [0.717, 1.165) is 38.8 Å². The van der Waals surface area contributed by atoms with E-state index in [4.69, 9.17) is 4.74 Å². The predicted octanol–water partition coefficient (Wildman–Crippen LogP) is 4.10. The lowest BCUT2D eigenvalue weighted by molar-refractivity contribution is -0.153. The summed E-state index contributed by atoms with van der Waals surface area (Å²) < 4.78 is 6.02. The number of nitrogens with zero attached hydrogens (tertiary/aromatic N) is 1. The molecule has 2 fully saturated rings. The van der Waals surface area contributed by atoms with E-state index in [1.54, 1.807) is 0 Å². The summed E-state index contributed by atoms with van der Waals surface area (Å²) in [5, 5.41) is 13.0. The fourth-order valence-electron chi connectivity index (χ4n) is 5.97. The molecule has 2 saturated heterocycles. The first-order chi connectivity index (χ1) is 15.6. The summed E-state index contributed by atoms with van der Waals surface area (Å²) in [5.41, 5.74) is 4.78. The van der Waals surface area contributed by atoms with Gasteiger partial charge in [0.2, 0.25) is 0 Å². The van der Waals surface area contributed by atoms with Crippen LogP contribution >= 0.6 is 0 Å². The number of ether oxygens (including phenoxy) is 1. The van der Waals surface area contributed by atoms with Crippen LogP contribution in [0.3, 0.4) is 0 Å². The Bertz CT molecular complexity index is 955. The van der Waals surface area contributed by atoms with Gasteiger partial charge in [0.1, 0.15) is 6.61 Å². The van der Waals surface area contributed by atoms with Crippen molar-refractivity contribution in [1.29, 1.82) is 0 Å². The van der Waals surface area contributed by atoms with Crippen molar-refractivity contribution in [2.45, 2.75) is 37.6 Å². The first kappa shape index (κ1) is 21.0. The van der Waals surface area contributed by atoms with E-state index < -0.39 is 12.0 Å². The van der Waals surface area contributed by atoms with Crippen LogP contribution in [0.2, 0.25) is 0 Å². The highest BCUT2D eigenvalue weighted by atomic mass is 16.5. The van der Waals surface area contributed by atoms with Crippen LogP contribution in [0.25, 0.3) is 11.1 Å². The summed E-state index contributed by atoms with van der Waals surface area (Å²) in [7, 11) is 0. The van der Waals surface area contributed by atoms with Crippen LogP contribution in [-0.4, -0.2) is 54.4 Å². The summed E-state index contributed by atoms with van der Waals surface area (Å²) >= 11 is 0. The second kappa shape index (κ2) is 8.94. The van der Waals surface area contributed by atoms with Gasteiger partial charge in [0, 0.05) is 18.5 Å². The molecule has 0 aromatic heterocycles. The van der Waals surface area contributed by atoms with Gasteiger partial charge in [0.25, 0.3) is 0 Å². The van der Waals surface area contributed by atoms with Gasteiger partial charge in [-0.15, -0.1) is 0 Å². The Morgan fingerprint density at radius 1 is 1.00 bits per heavy atom. The number of hydrogen-bond donors (Lipinski definition) is 2. The lowest BCUT2D eigenvalue weighted by atomic mass is 9.79. The molecule has 5 rings (SSSR count). The zero-order valence-corrected chi connectivity index (χ0v) is 18.2. The maximum Gasteiger partial charge on any atom is 0.407 e. The third-order valence-electron chi connectivity index (χ3n) is 7.48. The molecule has 1 amide bonds. The van der Waals surface area contributed by atoms with Gasteiger partial charge in [-0.25, -0.2) is 4.79 Å². The standard InChI is InChI=1S/C26H30N2O4/c29-25(24(17-11-13-27-14-12-17)23-10-5-15-28(23)26(30)31)32-16-22-20-8-3-1-6-18(20)19-7-2-4-9-21(19)22/h1-4,6-9,17,22-24,27H,5,10-16H2,(H,30,31)/t23-,24?/m0/s1. The molecule has 2 heterocycles. The molecule has 6 heteroatoms. The fourth-order valence-corrected chi connectivity index (χ4v) is 5.97. The molecule has 1 unspecified atom stereocenters. The van der Waals surface area contributed by atoms with Crippen molar-refractivity contribution < 1.29 is 19.4 Å². The monoisotopic (exact) mass is 434 g/mol. The molecule has 2 atom stereocenters. The number of esters is 1. The molecular formula is C26H30N2O4. The molecule has 2 N–H and O–H groups in total. The molecular weight excluding hydrogens is 404 g/mol. The average molecular weight is 435 g/mol. The number of carbonyl (C=O) groups is 2. The largest absolute Gasteiger partial charge is 0.465 e. The minimum absolute atomic E-state index is 0.0131. The van der Waals surface area contributed by atoms with Gasteiger partial charge in [-0.1, -0.05) is 48.5 Å². The number of fused-ring (bicyclic) bond motifs is 3. The van der Waals surface area contributed by atoms with Gasteiger partial charge in [0.15, 0.2) is 0 Å². The zero-order valence-electron chi connectivity index (χ0n) is 18.2. The Balaban J connectivity index is 1.38. The van der Waals surface area contributed by atoms with Crippen molar-refractivity contribution in [3.8, 4) is 11.1 Å². The van der Waals surface area contributed by atoms with E-state index >= 15 is 0 Å². The van der Waals surface area contributed by atoms with Crippen molar-refractivity contribution in [3.63, 3.8) is 0 Å². The number of nitrogens with one attached hydrogen (secondary N) is 1. The van der Waals surface area contributed by atoms with Crippen LogP contribution in [-0.2, 0) is 9.53 Å². The average Bonchev–Trinajstić information content (AvgIpc) is 3.42. The van der Waals surface area contributed by atoms with Gasteiger partial charge < -0.3 is 20.1 Å². The topological polar surface area (TPSA) is 78.9 Å². The molecule has 168 valence electrons. The fraction of sp³-hybridized carbons (Fsp3) is 0.462. The molecule has 0 bridgehead atoms. The molecule has 0 spiro atoms. The van der Waals surface area contributed by atoms with Crippen molar-refractivity contribution in [2.75, 3.05) is 26.2 Å². The number of likely N-dealkylation sites (tertiary alicyclic amines) is 1. The Hall–Kier alpha value is -2.86. The maximum absolute atomic E-state index is 13.5. The Labute approximate surface area is 188 Å². The van der Waals surface area contributed by atoms with Crippen LogP contribution in [0.15, 0.2) is 48.5 Å². The smallest absolute Gasteiger partial charge is 0.407 e. The molecule has 1 aliphatic carbocycles. The molecule has 2 aromatic carbocycles. The van der Waals surface area contributed by atoms with Crippen LogP contribution in [0.4, 0.5) is 4.79 Å². The number of piperidine rings is 1. The van der Waals surface area contributed by atoms with E-state index in [9.17, 15) is 14.7 Å². The third kappa shape index (κ3) is 3.77. The van der Waals surface area contributed by atoms with Gasteiger partial charge in [-0.3, -0.25) is 4.79 Å². The van der Waals surface area contributed by atoms with Gasteiger partial charge in [-0.05, 0) is 66.9 Å². The summed E-state index contributed by atoms with van der Waals surface area (Å²) in [6, 6.07) is 16.3. The summed E-state index contributed by atoms with van der Waals surface area (Å²) in [5.74, 6) is -0.476. The minimum atomic E-state index is -0.933. The quantitative estimate of drug-likeness (QED) is 0.693. The summed E-state index contributed by atoms with van der Waals surface area (Å²) in [6.45, 7) is 2.50. The van der Waals surface area contributed by atoms with Crippen LogP contribution in [0, 0.1) is 11.8 Å². The van der Waals surface area contributed by atoms with Gasteiger partial charge in [0.05, 0.1) is 5.92 Å². The molecule has 32 heavy (non-hydrogen) atoms. The summed E-state index contributed by atoms with van der Waals surface area (Å²) in [4.78, 5) is 26.8. The minimum Gasteiger partial charge on any atom is -0.465 e. The Kier molecular flexibility index (Phi) is 5.87. The molecule has 2 aromatic rings. The lowest BCUT2D eigenvalue weighted by Gasteiger charge is -2.36. The Morgan fingerprint density at radius 3 is 2.25 bits per heavy atom. The lowest BCUT2D eigenvalue weighted by Crippen LogP contribution is -2.48. The van der Waals surface area contributed by atoms with Gasteiger partial charge in [-0.2, -0.15) is 0 Å². The Morgan fingerprint density at radius 2 is 1.62 bits per heavy atom. The van der Waals surface area contributed by atoms with Gasteiger partial charge >= 0.3 is 12.1 Å². The van der Waals surface area contributed by atoms with E-state index in [0.29, 0.717) is 6.54 Å². The number of carboxylic acid groups (broad SMARTS) is 1. The molecule has 3 aliphatic rings. The number of rotatable bonds is 5. The second-order valence-electron chi connectivity index (χ2n) is 9.16. The second-order valence-corrected chi connectivity index (χ2v) is 9.16. The van der Waals surface area contributed by atoms with Crippen LogP contribution in [0.5, 0.6) is 0 Å². The van der Waals surface area contributed by atoms with Crippen molar-refractivity contribution in [1.82, 2.24) is 10.2 Å². The van der Waals surface area contributed by atoms with E-state index in [1.807, 2.05) is 24.3 Å². The molecule has 6 nitrogen and oxygen atoms in total. The number of hydrogen-bond acceptors (Lipinski definition) is 4. The zero-order chi connectivity index (χ0) is 22.1. The van der Waals surface area contributed by atoms with Crippen LogP contribution in [0.1, 0.15) is 42.7 Å². The number of amides is 1. The number of carbonyl (C=O) groups excluding carboxylic acids is 1. The van der Waals surface area contributed by atoms with Crippen molar-refractivity contribution in [3.05, 3.63) is 59.7 Å². The third-order valence-corrected chi connectivity index (χ3v) is 7.48. The normalized spacial score (nSPS) is 21.8. The van der Waals surface area contributed by atoms with Crippen LogP contribution < -0.4 is 5.32 Å². The first-order valence-corrected chi connectivity index (χ1v) is 11.7. The summed E-state index contributed by atoms with van der Waals surface area (Å²) in [6.07, 6.45) is 2.34. The van der Waals surface area contributed by atoms with Crippen molar-refractivity contribution >= 4 is 12.1 Å². The predicted molar refractivity (Wildman–Crippen MR) is 122 cm³/mol. The van der Waals surface area contributed by atoms with E-state index in [1.165, 1.54) is 27.2 Å². The highest BCUT2D eigenvalue weighted by molar-refractivity contribution is 5.79. The highest BCUT2D eigenvalue weighted by Crippen LogP contribution is 2.45.